The van der Waals surface area contributed by atoms with Crippen LogP contribution in [0.1, 0.15) is 38.9 Å². The first kappa shape index (κ1) is 21.1. The van der Waals surface area contributed by atoms with Gasteiger partial charge in [-0.25, -0.2) is 4.98 Å². The van der Waals surface area contributed by atoms with Crippen molar-refractivity contribution in [3.05, 3.63) is 95.4 Å². The maximum absolute atomic E-state index is 12.6. The summed E-state index contributed by atoms with van der Waals surface area (Å²) in [4.78, 5) is 29.1. The SMILES string of the molecule is CCNC(=O)c1cccc(NC(=O)c2ccc(OCc3cn4cc(C)ccc4n3)cc2)c1. The van der Waals surface area contributed by atoms with Crippen molar-refractivity contribution >= 4 is 23.1 Å². The van der Waals surface area contributed by atoms with E-state index in [1.807, 2.05) is 42.8 Å². The zero-order valence-corrected chi connectivity index (χ0v) is 18.0. The smallest absolute Gasteiger partial charge is 0.255 e. The van der Waals surface area contributed by atoms with Crippen LogP contribution >= 0.6 is 0 Å². The Hall–Kier alpha value is -4.13. The minimum absolute atomic E-state index is 0.175. The molecule has 7 heteroatoms. The number of rotatable bonds is 7. The lowest BCUT2D eigenvalue weighted by molar-refractivity contribution is 0.0954. The number of carbonyl (C=O) groups is 2. The Morgan fingerprint density at radius 1 is 0.969 bits per heavy atom. The van der Waals surface area contributed by atoms with Gasteiger partial charge in [0.05, 0.1) is 5.69 Å². The Morgan fingerprint density at radius 3 is 2.56 bits per heavy atom. The van der Waals surface area contributed by atoms with Gasteiger partial charge in [-0.05, 0) is 67.9 Å². The van der Waals surface area contributed by atoms with Crippen LogP contribution < -0.4 is 15.4 Å². The number of amides is 2. The largest absolute Gasteiger partial charge is 0.487 e. The molecule has 0 fully saturated rings. The summed E-state index contributed by atoms with van der Waals surface area (Å²) in [5.41, 5.74) is 4.40. The fourth-order valence-corrected chi connectivity index (χ4v) is 3.29. The number of anilines is 1. The van der Waals surface area contributed by atoms with Crippen LogP contribution in [0, 0.1) is 6.92 Å². The van der Waals surface area contributed by atoms with Crippen molar-refractivity contribution in [1.29, 1.82) is 0 Å². The van der Waals surface area contributed by atoms with Crippen molar-refractivity contribution in [1.82, 2.24) is 14.7 Å². The van der Waals surface area contributed by atoms with E-state index in [4.69, 9.17) is 4.74 Å². The highest BCUT2D eigenvalue weighted by Crippen LogP contribution is 2.17. The van der Waals surface area contributed by atoms with Crippen LogP contribution in [0.15, 0.2) is 73.1 Å². The van der Waals surface area contributed by atoms with E-state index < -0.39 is 0 Å². The first-order valence-electron chi connectivity index (χ1n) is 10.4. The minimum atomic E-state index is -0.264. The summed E-state index contributed by atoms with van der Waals surface area (Å²) in [5.74, 6) is 0.208. The van der Waals surface area contributed by atoms with Gasteiger partial charge in [0.2, 0.25) is 0 Å². The summed E-state index contributed by atoms with van der Waals surface area (Å²) < 4.78 is 7.79. The number of hydrogen-bond acceptors (Lipinski definition) is 4. The van der Waals surface area contributed by atoms with Crippen LogP contribution in [0.5, 0.6) is 5.75 Å². The Labute approximate surface area is 186 Å². The average molecular weight is 428 g/mol. The molecular formula is C25H24N4O3. The fraction of sp³-hybridized carbons (Fsp3) is 0.160. The number of carbonyl (C=O) groups excluding carboxylic acids is 2. The molecule has 4 aromatic rings. The lowest BCUT2D eigenvalue weighted by Crippen LogP contribution is -2.22. The molecule has 0 saturated heterocycles. The highest BCUT2D eigenvalue weighted by Gasteiger charge is 2.10. The maximum Gasteiger partial charge on any atom is 0.255 e. The molecule has 0 saturated carbocycles. The topological polar surface area (TPSA) is 84.7 Å². The van der Waals surface area contributed by atoms with Crippen LogP contribution in [0.25, 0.3) is 5.65 Å². The normalized spacial score (nSPS) is 10.7. The van der Waals surface area contributed by atoms with E-state index in [1.54, 1.807) is 48.5 Å². The van der Waals surface area contributed by atoms with Crippen LogP contribution in [-0.4, -0.2) is 27.7 Å². The molecule has 0 aliphatic heterocycles. The van der Waals surface area contributed by atoms with E-state index in [0.29, 0.717) is 35.7 Å². The number of hydrogen-bond donors (Lipinski definition) is 2. The lowest BCUT2D eigenvalue weighted by Gasteiger charge is -2.09. The molecule has 0 radical (unpaired) electrons. The number of aryl methyl sites for hydroxylation is 1. The second kappa shape index (κ2) is 9.34. The summed E-state index contributed by atoms with van der Waals surface area (Å²) in [6, 6.07) is 17.7. The number of nitrogens with one attached hydrogen (secondary N) is 2. The third-order valence-electron chi connectivity index (χ3n) is 4.87. The van der Waals surface area contributed by atoms with Gasteiger partial charge in [0.25, 0.3) is 11.8 Å². The van der Waals surface area contributed by atoms with E-state index in [2.05, 4.69) is 15.6 Å². The molecule has 2 N–H and O–H groups in total. The number of imidazole rings is 1. The molecule has 0 bridgehead atoms. The van der Waals surface area contributed by atoms with Gasteiger partial charge in [0.1, 0.15) is 18.0 Å². The molecular weight excluding hydrogens is 404 g/mol. The summed E-state index contributed by atoms with van der Waals surface area (Å²) >= 11 is 0. The highest BCUT2D eigenvalue weighted by molar-refractivity contribution is 6.05. The Balaban J connectivity index is 1.37. The number of pyridine rings is 1. The van der Waals surface area contributed by atoms with Gasteiger partial charge in [-0.1, -0.05) is 12.1 Å². The molecule has 2 aromatic carbocycles. The van der Waals surface area contributed by atoms with Crippen LogP contribution in [0.3, 0.4) is 0 Å². The number of ether oxygens (including phenoxy) is 1. The van der Waals surface area contributed by atoms with Crippen LogP contribution in [0.4, 0.5) is 5.69 Å². The van der Waals surface area contributed by atoms with E-state index in [0.717, 1.165) is 16.9 Å². The highest BCUT2D eigenvalue weighted by atomic mass is 16.5. The molecule has 0 spiro atoms. The predicted molar refractivity (Wildman–Crippen MR) is 123 cm³/mol. The van der Waals surface area contributed by atoms with E-state index in [1.165, 1.54) is 0 Å². The molecule has 7 nitrogen and oxygen atoms in total. The van der Waals surface area contributed by atoms with E-state index >= 15 is 0 Å². The second-order valence-corrected chi connectivity index (χ2v) is 7.41. The van der Waals surface area contributed by atoms with Crippen molar-refractivity contribution in [2.45, 2.75) is 20.5 Å². The Kier molecular flexibility index (Phi) is 6.17. The van der Waals surface area contributed by atoms with Crippen molar-refractivity contribution < 1.29 is 14.3 Å². The molecule has 0 aliphatic carbocycles. The Bertz CT molecular complexity index is 1260. The summed E-state index contributed by atoms with van der Waals surface area (Å²) in [5, 5.41) is 5.56. The van der Waals surface area contributed by atoms with Crippen molar-refractivity contribution in [3.63, 3.8) is 0 Å². The van der Waals surface area contributed by atoms with E-state index in [9.17, 15) is 9.59 Å². The first-order valence-corrected chi connectivity index (χ1v) is 10.4. The molecule has 162 valence electrons. The van der Waals surface area contributed by atoms with Gasteiger partial charge in [0.15, 0.2) is 0 Å². The molecule has 0 atom stereocenters. The van der Waals surface area contributed by atoms with Crippen molar-refractivity contribution in [2.75, 3.05) is 11.9 Å². The number of aromatic nitrogens is 2. The summed E-state index contributed by atoms with van der Waals surface area (Å²) in [7, 11) is 0. The van der Waals surface area contributed by atoms with Crippen molar-refractivity contribution in [2.24, 2.45) is 0 Å². The lowest BCUT2D eigenvalue weighted by atomic mass is 10.1. The Morgan fingerprint density at radius 2 is 1.78 bits per heavy atom. The van der Waals surface area contributed by atoms with Crippen LogP contribution in [-0.2, 0) is 6.61 Å². The molecule has 32 heavy (non-hydrogen) atoms. The predicted octanol–water partition coefficient (Wildman–Crippen LogP) is 4.22. The molecule has 0 unspecified atom stereocenters. The third-order valence-corrected chi connectivity index (χ3v) is 4.87. The standard InChI is InChI=1S/C25H24N4O3/c1-3-26-24(30)19-5-4-6-20(13-19)28-25(31)18-8-10-22(11-9-18)32-16-21-15-29-14-17(2)7-12-23(29)27-21/h4-15H,3,16H2,1-2H3,(H,26,30)(H,28,31). The average Bonchev–Trinajstić information content (AvgIpc) is 3.20. The van der Waals surface area contributed by atoms with E-state index in [-0.39, 0.29) is 11.8 Å². The van der Waals surface area contributed by atoms with Gasteiger partial charge in [-0.15, -0.1) is 0 Å². The van der Waals surface area contributed by atoms with Crippen LogP contribution in [0.2, 0.25) is 0 Å². The molecule has 4 rings (SSSR count). The van der Waals surface area contributed by atoms with Gasteiger partial charge in [-0.3, -0.25) is 9.59 Å². The van der Waals surface area contributed by atoms with Gasteiger partial charge < -0.3 is 19.8 Å². The molecule has 2 aromatic heterocycles. The minimum Gasteiger partial charge on any atom is -0.487 e. The maximum atomic E-state index is 12.6. The van der Waals surface area contributed by atoms with Gasteiger partial charge in [0, 0.05) is 35.8 Å². The molecule has 0 aliphatic rings. The van der Waals surface area contributed by atoms with Gasteiger partial charge in [-0.2, -0.15) is 0 Å². The quantitative estimate of drug-likeness (QED) is 0.462. The molecule has 2 heterocycles. The third kappa shape index (κ3) is 4.95. The van der Waals surface area contributed by atoms with Gasteiger partial charge >= 0.3 is 0 Å². The number of benzene rings is 2. The zero-order chi connectivity index (χ0) is 22.5. The number of nitrogens with zero attached hydrogens (tertiary/aromatic N) is 2. The second-order valence-electron chi connectivity index (χ2n) is 7.41. The fourth-order valence-electron chi connectivity index (χ4n) is 3.29. The van der Waals surface area contributed by atoms with Crippen molar-refractivity contribution in [3.8, 4) is 5.75 Å². The number of fused-ring (bicyclic) bond motifs is 1. The first-order chi connectivity index (χ1) is 15.5. The summed E-state index contributed by atoms with van der Waals surface area (Å²) in [6.07, 6.45) is 3.96. The zero-order valence-electron chi connectivity index (χ0n) is 18.0. The monoisotopic (exact) mass is 428 g/mol. The molecule has 2 amide bonds. The summed E-state index contributed by atoms with van der Waals surface area (Å²) in [6.45, 7) is 4.77.